The molecule has 0 bridgehead atoms. The zero-order chi connectivity index (χ0) is 19.4. The molecule has 6 heteroatoms. The molecule has 6 nitrogen and oxygen atoms in total. The molecule has 0 atom stereocenters. The highest BCUT2D eigenvalue weighted by molar-refractivity contribution is 5.79. The number of nitrogens with one attached hydrogen (secondary N) is 2. The third kappa shape index (κ3) is 6.38. The molecule has 0 amide bonds. The fraction of sp³-hybridized carbons (Fsp3) is 0.571. The monoisotopic (exact) mass is 370 g/mol. The summed E-state index contributed by atoms with van der Waals surface area (Å²) in [5.74, 6) is 0.906. The second-order valence-corrected chi connectivity index (χ2v) is 6.88. The fourth-order valence-corrected chi connectivity index (χ4v) is 3.30. The van der Waals surface area contributed by atoms with Crippen molar-refractivity contribution >= 4 is 5.96 Å². The van der Waals surface area contributed by atoms with Crippen LogP contribution in [-0.2, 0) is 12.0 Å². The van der Waals surface area contributed by atoms with Crippen LogP contribution in [0.2, 0.25) is 0 Å². The van der Waals surface area contributed by atoms with E-state index in [-0.39, 0.29) is 5.41 Å². The van der Waals surface area contributed by atoms with Gasteiger partial charge in [0, 0.05) is 25.0 Å². The summed E-state index contributed by atoms with van der Waals surface area (Å²) in [5, 5.41) is 14.5. The van der Waals surface area contributed by atoms with Crippen molar-refractivity contribution in [1.29, 1.82) is 0 Å². The van der Waals surface area contributed by atoms with Crippen LogP contribution < -0.4 is 10.6 Å². The van der Waals surface area contributed by atoms with Gasteiger partial charge in [-0.3, -0.25) is 4.99 Å². The van der Waals surface area contributed by atoms with Crippen LogP contribution in [0.25, 0.3) is 0 Å². The molecule has 0 aliphatic carbocycles. The van der Waals surface area contributed by atoms with E-state index in [1.807, 2.05) is 4.57 Å². The smallest absolute Gasteiger partial charge is 0.191 e. The quantitative estimate of drug-likeness (QED) is 0.361. The van der Waals surface area contributed by atoms with Gasteiger partial charge in [0.2, 0.25) is 0 Å². The molecule has 1 heterocycles. The van der Waals surface area contributed by atoms with Gasteiger partial charge in [0.05, 0.1) is 6.54 Å². The molecule has 0 aliphatic rings. The second-order valence-electron chi connectivity index (χ2n) is 6.88. The topological polar surface area (TPSA) is 67.1 Å². The summed E-state index contributed by atoms with van der Waals surface area (Å²) in [4.78, 5) is 4.92. The van der Waals surface area contributed by atoms with E-state index < -0.39 is 0 Å². The van der Waals surface area contributed by atoms with Crippen LogP contribution in [0.15, 0.2) is 48.0 Å². The molecule has 2 rings (SSSR count). The summed E-state index contributed by atoms with van der Waals surface area (Å²) >= 11 is 0. The maximum Gasteiger partial charge on any atom is 0.191 e. The van der Waals surface area contributed by atoms with E-state index in [2.05, 4.69) is 71.9 Å². The van der Waals surface area contributed by atoms with Gasteiger partial charge in [-0.2, -0.15) is 0 Å². The molecule has 0 aliphatic heterocycles. The van der Waals surface area contributed by atoms with E-state index in [0.717, 1.165) is 57.8 Å². The summed E-state index contributed by atoms with van der Waals surface area (Å²) in [6, 6.07) is 10.8. The Morgan fingerprint density at radius 3 is 2.33 bits per heavy atom. The van der Waals surface area contributed by atoms with Crippen molar-refractivity contribution in [1.82, 2.24) is 25.4 Å². The maximum atomic E-state index is 4.92. The zero-order valence-corrected chi connectivity index (χ0v) is 17.0. The Hall–Kier alpha value is -2.37. The normalized spacial score (nSPS) is 12.2. The first-order valence-corrected chi connectivity index (χ1v) is 10.1. The number of aryl methyl sites for hydroxylation is 1. The number of aliphatic imine (C=N–C) groups is 1. The summed E-state index contributed by atoms with van der Waals surface area (Å²) in [6.45, 7) is 10.1. The Kier molecular flexibility index (Phi) is 8.81. The largest absolute Gasteiger partial charge is 0.357 e. The van der Waals surface area contributed by atoms with Crippen molar-refractivity contribution in [3.63, 3.8) is 0 Å². The van der Waals surface area contributed by atoms with Crippen molar-refractivity contribution in [3.05, 3.63) is 48.5 Å². The minimum absolute atomic E-state index is 0.0953. The van der Waals surface area contributed by atoms with Gasteiger partial charge in [0.15, 0.2) is 5.96 Å². The average Bonchev–Trinajstić information content (AvgIpc) is 3.23. The minimum atomic E-state index is 0.0953. The highest BCUT2D eigenvalue weighted by Crippen LogP contribution is 2.31. The Bertz CT molecular complexity index is 647. The molecule has 1 aromatic heterocycles. The molecule has 27 heavy (non-hydrogen) atoms. The molecule has 0 spiro atoms. The zero-order valence-electron chi connectivity index (χ0n) is 17.0. The van der Waals surface area contributed by atoms with Gasteiger partial charge in [-0.25, -0.2) is 0 Å². The molecule has 148 valence electrons. The Labute approximate surface area is 163 Å². The molecular weight excluding hydrogens is 336 g/mol. The summed E-state index contributed by atoms with van der Waals surface area (Å²) in [6.07, 6.45) is 7.84. The summed E-state index contributed by atoms with van der Waals surface area (Å²) in [7, 11) is 0. The van der Waals surface area contributed by atoms with Crippen LogP contribution in [0.4, 0.5) is 0 Å². The first kappa shape index (κ1) is 20.9. The lowest BCUT2D eigenvalue weighted by atomic mass is 9.76. The van der Waals surface area contributed by atoms with Gasteiger partial charge < -0.3 is 15.2 Å². The van der Waals surface area contributed by atoms with Crippen molar-refractivity contribution in [2.75, 3.05) is 19.6 Å². The number of hydrogen-bond donors (Lipinski definition) is 2. The first-order chi connectivity index (χ1) is 13.2. The number of aromatic nitrogens is 3. The standard InChI is InChI=1S/C21H34N6/c1-4-21(5-2,19-12-8-7-9-13-19)16-24-20(22-6-3)23-14-10-11-15-27-17-25-26-18-27/h7-9,12-13,17-18H,4-6,10-11,14-16H2,1-3H3,(H2,22,23,24). The Balaban J connectivity index is 1.90. The van der Waals surface area contributed by atoms with E-state index in [1.54, 1.807) is 12.7 Å². The van der Waals surface area contributed by atoms with Crippen LogP contribution in [0.3, 0.4) is 0 Å². The molecule has 0 saturated carbocycles. The summed E-state index contributed by atoms with van der Waals surface area (Å²) in [5.41, 5.74) is 1.47. The lowest BCUT2D eigenvalue weighted by Gasteiger charge is -2.31. The van der Waals surface area contributed by atoms with Gasteiger partial charge >= 0.3 is 0 Å². The molecule has 0 saturated heterocycles. The van der Waals surface area contributed by atoms with Crippen LogP contribution in [-0.4, -0.2) is 40.4 Å². The van der Waals surface area contributed by atoms with Crippen LogP contribution in [0, 0.1) is 0 Å². The highest BCUT2D eigenvalue weighted by atomic mass is 15.2. The molecule has 1 aromatic carbocycles. The first-order valence-electron chi connectivity index (χ1n) is 10.1. The Morgan fingerprint density at radius 1 is 1.00 bits per heavy atom. The van der Waals surface area contributed by atoms with Gasteiger partial charge in [0.25, 0.3) is 0 Å². The van der Waals surface area contributed by atoms with Crippen LogP contribution >= 0.6 is 0 Å². The predicted molar refractivity (Wildman–Crippen MR) is 112 cm³/mol. The number of rotatable bonds is 11. The molecular formula is C21H34N6. The van der Waals surface area contributed by atoms with Gasteiger partial charge in [-0.05, 0) is 38.2 Å². The van der Waals surface area contributed by atoms with Gasteiger partial charge in [-0.1, -0.05) is 44.2 Å². The Morgan fingerprint density at radius 2 is 1.70 bits per heavy atom. The number of hydrogen-bond acceptors (Lipinski definition) is 3. The van der Waals surface area contributed by atoms with E-state index in [4.69, 9.17) is 4.99 Å². The van der Waals surface area contributed by atoms with E-state index in [1.165, 1.54) is 5.56 Å². The van der Waals surface area contributed by atoms with Gasteiger partial charge in [-0.15, -0.1) is 10.2 Å². The number of benzene rings is 1. The molecule has 0 radical (unpaired) electrons. The highest BCUT2D eigenvalue weighted by Gasteiger charge is 2.28. The third-order valence-electron chi connectivity index (χ3n) is 5.23. The molecule has 2 N–H and O–H groups in total. The second kappa shape index (κ2) is 11.4. The van der Waals surface area contributed by atoms with Crippen molar-refractivity contribution in [2.24, 2.45) is 4.99 Å². The lowest BCUT2D eigenvalue weighted by molar-refractivity contribution is 0.406. The summed E-state index contributed by atoms with van der Waals surface area (Å²) < 4.78 is 2.01. The van der Waals surface area contributed by atoms with Crippen LogP contribution in [0.5, 0.6) is 0 Å². The van der Waals surface area contributed by atoms with Crippen molar-refractivity contribution in [3.8, 4) is 0 Å². The number of guanidine groups is 1. The van der Waals surface area contributed by atoms with E-state index in [9.17, 15) is 0 Å². The minimum Gasteiger partial charge on any atom is -0.357 e. The van der Waals surface area contributed by atoms with Crippen LogP contribution in [0.1, 0.15) is 52.0 Å². The number of nitrogens with zero attached hydrogens (tertiary/aromatic N) is 4. The van der Waals surface area contributed by atoms with Crippen molar-refractivity contribution in [2.45, 2.75) is 58.4 Å². The van der Waals surface area contributed by atoms with Gasteiger partial charge in [0.1, 0.15) is 12.7 Å². The molecule has 0 unspecified atom stereocenters. The maximum absolute atomic E-state index is 4.92. The fourth-order valence-electron chi connectivity index (χ4n) is 3.30. The number of unbranched alkanes of at least 4 members (excludes halogenated alkanes) is 1. The third-order valence-corrected chi connectivity index (χ3v) is 5.23. The van der Waals surface area contributed by atoms with Crippen molar-refractivity contribution < 1.29 is 0 Å². The average molecular weight is 371 g/mol. The molecule has 0 fully saturated rings. The van der Waals surface area contributed by atoms with E-state index in [0.29, 0.717) is 0 Å². The predicted octanol–water partition coefficient (Wildman–Crippen LogP) is 3.37. The van der Waals surface area contributed by atoms with E-state index >= 15 is 0 Å². The SMILES string of the molecule is CCNC(=NCC(CC)(CC)c1ccccc1)NCCCCn1cnnc1. The molecule has 2 aromatic rings. The lowest BCUT2D eigenvalue weighted by Crippen LogP contribution is -2.39.